The SMILES string of the molecule is C=C.C=C.CCCCCCCCCCOCC. The number of unbranched alkanes of at least 4 members (excludes halogenated alkanes) is 7. The van der Waals surface area contributed by atoms with Crippen LogP contribution in [0.3, 0.4) is 0 Å². The molecule has 0 spiro atoms. The predicted molar refractivity (Wildman–Crippen MR) is 81.6 cm³/mol. The van der Waals surface area contributed by atoms with Crippen LogP contribution in [0.5, 0.6) is 0 Å². The highest BCUT2D eigenvalue weighted by Crippen LogP contribution is 2.08. The topological polar surface area (TPSA) is 9.23 Å². The van der Waals surface area contributed by atoms with Crippen molar-refractivity contribution >= 4 is 0 Å². The molecule has 0 amide bonds. The Morgan fingerprint density at radius 2 is 1.06 bits per heavy atom. The van der Waals surface area contributed by atoms with Crippen LogP contribution in [0.25, 0.3) is 0 Å². The molecule has 0 saturated carbocycles. The van der Waals surface area contributed by atoms with Crippen molar-refractivity contribution in [2.75, 3.05) is 13.2 Å². The number of hydrogen-bond acceptors (Lipinski definition) is 1. The van der Waals surface area contributed by atoms with Crippen LogP contribution in [0, 0.1) is 0 Å². The zero-order valence-electron chi connectivity index (χ0n) is 12.3. The molecule has 104 valence electrons. The summed E-state index contributed by atoms with van der Waals surface area (Å²) in [4.78, 5) is 0. The van der Waals surface area contributed by atoms with E-state index in [1.807, 2.05) is 0 Å². The molecule has 0 aromatic heterocycles. The molecule has 0 saturated heterocycles. The van der Waals surface area contributed by atoms with Gasteiger partial charge in [-0.05, 0) is 13.3 Å². The van der Waals surface area contributed by atoms with Gasteiger partial charge in [0.05, 0.1) is 0 Å². The zero-order valence-corrected chi connectivity index (χ0v) is 12.3. The molecule has 0 aliphatic carbocycles. The van der Waals surface area contributed by atoms with Gasteiger partial charge in [0.1, 0.15) is 0 Å². The lowest BCUT2D eigenvalue weighted by Crippen LogP contribution is -1.92. The summed E-state index contributed by atoms with van der Waals surface area (Å²) in [6.45, 7) is 18.2. The molecule has 0 rings (SSSR count). The summed E-state index contributed by atoms with van der Waals surface area (Å²) in [5.74, 6) is 0. The fourth-order valence-corrected chi connectivity index (χ4v) is 1.48. The van der Waals surface area contributed by atoms with E-state index < -0.39 is 0 Å². The minimum absolute atomic E-state index is 0.872. The Kier molecular flexibility index (Phi) is 37.7. The van der Waals surface area contributed by atoms with Gasteiger partial charge in [-0.2, -0.15) is 0 Å². The molecule has 0 fully saturated rings. The quantitative estimate of drug-likeness (QED) is 0.349. The van der Waals surface area contributed by atoms with Crippen molar-refractivity contribution in [1.82, 2.24) is 0 Å². The summed E-state index contributed by atoms with van der Waals surface area (Å²) < 4.78 is 5.28. The molecule has 0 radical (unpaired) electrons. The van der Waals surface area contributed by atoms with E-state index in [9.17, 15) is 0 Å². The van der Waals surface area contributed by atoms with Gasteiger partial charge in [0.15, 0.2) is 0 Å². The van der Waals surface area contributed by atoms with Crippen LogP contribution >= 0.6 is 0 Å². The fraction of sp³-hybridized carbons (Fsp3) is 0.750. The molecule has 0 aromatic carbocycles. The highest BCUT2D eigenvalue weighted by molar-refractivity contribution is 4.45. The van der Waals surface area contributed by atoms with Crippen LogP contribution in [-0.4, -0.2) is 13.2 Å². The first-order chi connectivity index (χ1) is 8.41. The van der Waals surface area contributed by atoms with Crippen molar-refractivity contribution in [3.63, 3.8) is 0 Å². The molecule has 1 nitrogen and oxygen atoms in total. The fourth-order valence-electron chi connectivity index (χ4n) is 1.48. The van der Waals surface area contributed by atoms with Crippen molar-refractivity contribution < 1.29 is 4.74 Å². The van der Waals surface area contributed by atoms with Gasteiger partial charge in [0.25, 0.3) is 0 Å². The Hall–Kier alpha value is -0.560. The van der Waals surface area contributed by atoms with Gasteiger partial charge in [-0.1, -0.05) is 51.9 Å². The Labute approximate surface area is 110 Å². The Balaban J connectivity index is -0.000000439. The lowest BCUT2D eigenvalue weighted by molar-refractivity contribution is 0.143. The van der Waals surface area contributed by atoms with Gasteiger partial charge in [0.2, 0.25) is 0 Å². The molecule has 0 aromatic rings. The van der Waals surface area contributed by atoms with E-state index in [1.165, 1.54) is 51.4 Å². The lowest BCUT2D eigenvalue weighted by Gasteiger charge is -2.01. The normalized spacial score (nSPS) is 8.59. The Bertz CT molecular complexity index is 89.7. The Morgan fingerprint density at radius 3 is 1.47 bits per heavy atom. The second-order valence-corrected chi connectivity index (χ2v) is 3.67. The first-order valence-corrected chi connectivity index (χ1v) is 6.99. The average molecular weight is 242 g/mol. The van der Waals surface area contributed by atoms with E-state index in [0.29, 0.717) is 0 Å². The first kappa shape index (κ1) is 21.7. The van der Waals surface area contributed by atoms with E-state index >= 15 is 0 Å². The first-order valence-electron chi connectivity index (χ1n) is 6.99. The Morgan fingerprint density at radius 1 is 0.647 bits per heavy atom. The van der Waals surface area contributed by atoms with Gasteiger partial charge in [-0.3, -0.25) is 0 Å². The molecule has 0 unspecified atom stereocenters. The van der Waals surface area contributed by atoms with Crippen LogP contribution < -0.4 is 0 Å². The number of ether oxygens (including phenoxy) is 1. The van der Waals surface area contributed by atoms with Crippen molar-refractivity contribution in [2.24, 2.45) is 0 Å². The molecule has 1 heteroatoms. The molecule has 0 aliphatic rings. The van der Waals surface area contributed by atoms with E-state index in [-0.39, 0.29) is 0 Å². The lowest BCUT2D eigenvalue weighted by atomic mass is 10.1. The summed E-state index contributed by atoms with van der Waals surface area (Å²) in [6, 6.07) is 0. The van der Waals surface area contributed by atoms with E-state index in [4.69, 9.17) is 4.74 Å². The van der Waals surface area contributed by atoms with E-state index in [0.717, 1.165) is 13.2 Å². The van der Waals surface area contributed by atoms with Gasteiger partial charge >= 0.3 is 0 Å². The van der Waals surface area contributed by atoms with E-state index in [1.54, 1.807) is 0 Å². The van der Waals surface area contributed by atoms with Gasteiger partial charge in [0, 0.05) is 13.2 Å². The average Bonchev–Trinajstić information content (AvgIpc) is 2.42. The van der Waals surface area contributed by atoms with E-state index in [2.05, 4.69) is 40.2 Å². The molecular weight excluding hydrogens is 208 g/mol. The van der Waals surface area contributed by atoms with Crippen LogP contribution in [0.1, 0.15) is 65.2 Å². The molecular formula is C16H34O. The van der Waals surface area contributed by atoms with Crippen molar-refractivity contribution in [2.45, 2.75) is 65.2 Å². The largest absolute Gasteiger partial charge is 0.382 e. The third kappa shape index (κ3) is 31.3. The maximum Gasteiger partial charge on any atom is 0.0465 e. The van der Waals surface area contributed by atoms with Crippen molar-refractivity contribution in [1.29, 1.82) is 0 Å². The maximum atomic E-state index is 5.28. The van der Waals surface area contributed by atoms with Gasteiger partial charge in [-0.25, -0.2) is 0 Å². The summed E-state index contributed by atoms with van der Waals surface area (Å²) in [5, 5.41) is 0. The maximum absolute atomic E-state index is 5.28. The molecule has 0 aliphatic heterocycles. The molecule has 17 heavy (non-hydrogen) atoms. The molecule has 0 bridgehead atoms. The molecule has 0 atom stereocenters. The van der Waals surface area contributed by atoms with Crippen LogP contribution in [0.15, 0.2) is 26.3 Å². The van der Waals surface area contributed by atoms with Crippen LogP contribution in [-0.2, 0) is 4.74 Å². The second-order valence-electron chi connectivity index (χ2n) is 3.67. The standard InChI is InChI=1S/C12H26O.2C2H4/c1-3-5-6-7-8-9-10-11-12-13-4-2;2*1-2/h3-12H2,1-2H3;2*1-2H2. The van der Waals surface area contributed by atoms with Crippen LogP contribution in [0.2, 0.25) is 0 Å². The predicted octanol–water partition coefficient (Wildman–Crippen LogP) is 5.77. The molecule has 0 N–H and O–H groups in total. The summed E-state index contributed by atoms with van der Waals surface area (Å²) in [6.07, 6.45) is 11.1. The highest BCUT2D eigenvalue weighted by Gasteiger charge is 1.90. The number of hydrogen-bond donors (Lipinski definition) is 0. The summed E-state index contributed by atoms with van der Waals surface area (Å²) in [5.41, 5.74) is 0. The monoisotopic (exact) mass is 242 g/mol. The van der Waals surface area contributed by atoms with Gasteiger partial charge < -0.3 is 4.74 Å². The summed E-state index contributed by atoms with van der Waals surface area (Å²) >= 11 is 0. The smallest absolute Gasteiger partial charge is 0.0465 e. The minimum atomic E-state index is 0.872. The third-order valence-corrected chi connectivity index (χ3v) is 2.35. The van der Waals surface area contributed by atoms with Gasteiger partial charge in [-0.15, -0.1) is 26.3 Å². The van der Waals surface area contributed by atoms with Crippen LogP contribution in [0.4, 0.5) is 0 Å². The third-order valence-electron chi connectivity index (χ3n) is 2.35. The van der Waals surface area contributed by atoms with Crippen molar-refractivity contribution in [3.8, 4) is 0 Å². The molecule has 0 heterocycles. The number of rotatable bonds is 10. The minimum Gasteiger partial charge on any atom is -0.382 e. The highest BCUT2D eigenvalue weighted by atomic mass is 16.5. The second kappa shape index (κ2) is 29.5. The van der Waals surface area contributed by atoms with Crippen molar-refractivity contribution in [3.05, 3.63) is 26.3 Å². The summed E-state index contributed by atoms with van der Waals surface area (Å²) in [7, 11) is 0. The zero-order chi connectivity index (χ0) is 13.8.